The van der Waals surface area contributed by atoms with Gasteiger partial charge in [0.1, 0.15) is 13.2 Å². The monoisotopic (exact) mass is 1000 g/mol. The zero-order chi connectivity index (χ0) is 52.9. The minimum atomic E-state index is -0.848. The Bertz CT molecular complexity index is 1770. The van der Waals surface area contributed by atoms with Crippen LogP contribution in [0.5, 0.6) is 0 Å². The van der Waals surface area contributed by atoms with E-state index in [1.165, 1.54) is 0 Å². The predicted octanol–water partition coefficient (Wildman–Crippen LogP) is 19.3. The number of rotatable bonds is 48. The van der Waals surface area contributed by atoms with Crippen molar-refractivity contribution in [2.24, 2.45) is 0 Å². The van der Waals surface area contributed by atoms with Gasteiger partial charge in [-0.15, -0.1) is 0 Å². The Balaban J connectivity index is 4.50. The van der Waals surface area contributed by atoms with Crippen molar-refractivity contribution >= 4 is 17.9 Å². The van der Waals surface area contributed by atoms with Crippen LogP contribution in [-0.2, 0) is 28.6 Å². The zero-order valence-electron chi connectivity index (χ0n) is 46.1. The van der Waals surface area contributed by atoms with Gasteiger partial charge >= 0.3 is 17.9 Å². The average Bonchev–Trinajstić information content (AvgIpc) is 3.39. The van der Waals surface area contributed by atoms with Crippen molar-refractivity contribution < 1.29 is 28.6 Å². The first kappa shape index (κ1) is 67.5. The summed E-state index contributed by atoms with van der Waals surface area (Å²) in [5.41, 5.74) is 0. The number of hydrogen-bond donors (Lipinski definition) is 0. The third-order valence-corrected chi connectivity index (χ3v) is 10.9. The smallest absolute Gasteiger partial charge is 0.306 e. The highest BCUT2D eigenvalue weighted by atomic mass is 16.6. The number of carbonyl (C=O) groups excluding carboxylic acids is 3. The molecule has 0 rings (SSSR count). The van der Waals surface area contributed by atoms with E-state index in [2.05, 4.69) is 191 Å². The molecular formula is C67H100O6. The van der Waals surface area contributed by atoms with Crippen LogP contribution in [0.1, 0.15) is 201 Å². The maximum absolute atomic E-state index is 12.8. The molecule has 0 bridgehead atoms. The van der Waals surface area contributed by atoms with Gasteiger partial charge in [-0.05, 0) is 141 Å². The van der Waals surface area contributed by atoms with Crippen molar-refractivity contribution in [2.75, 3.05) is 13.2 Å². The standard InChI is InChI=1S/C67H100O6/c1-4-7-10-13-16-19-22-25-27-28-29-30-31-32-33-34-35-36-37-38-40-42-45-48-51-54-57-60-66(69)72-63-64(62-71-65(68)59-56-53-50-47-44-41-24-21-18-15-12-9-6-3)73-67(70)61-58-55-52-49-46-43-39-26-23-20-17-14-11-8-5-2/h7-12,16-21,25-27,29-30,32-33,35-36,38-41,44,46,49-50,53,64H,4-6,13-15,22-24,28,31,34,37,42-43,45,47-48,51-52,54-63H2,1-3H3/b10-7-,11-8-,12-9-,19-16-,20-17-,21-18-,27-25-,30-29-,33-32-,36-35-,39-26-,40-38-,44-41-,49-46-,53-50-. The van der Waals surface area contributed by atoms with E-state index in [1.807, 2.05) is 12.2 Å². The molecule has 0 fully saturated rings. The Morgan fingerprint density at radius 3 is 0.877 bits per heavy atom. The molecule has 0 saturated heterocycles. The molecular weight excluding hydrogens is 901 g/mol. The molecule has 0 heterocycles. The van der Waals surface area contributed by atoms with Crippen LogP contribution in [0.2, 0.25) is 0 Å². The van der Waals surface area contributed by atoms with E-state index in [-0.39, 0.29) is 44.0 Å². The topological polar surface area (TPSA) is 78.9 Å². The Morgan fingerprint density at radius 1 is 0.274 bits per heavy atom. The molecule has 0 aliphatic carbocycles. The number of carbonyl (C=O) groups is 3. The van der Waals surface area contributed by atoms with Gasteiger partial charge in [0.05, 0.1) is 0 Å². The molecule has 0 aromatic heterocycles. The third-order valence-electron chi connectivity index (χ3n) is 10.9. The summed E-state index contributed by atoms with van der Waals surface area (Å²) in [6.07, 6.45) is 89.0. The van der Waals surface area contributed by atoms with E-state index in [0.717, 1.165) is 148 Å². The first-order valence-electron chi connectivity index (χ1n) is 28.3. The Hall–Kier alpha value is -5.49. The van der Waals surface area contributed by atoms with Crippen molar-refractivity contribution in [2.45, 2.75) is 207 Å². The molecule has 0 saturated carbocycles. The van der Waals surface area contributed by atoms with Gasteiger partial charge in [-0.1, -0.05) is 222 Å². The van der Waals surface area contributed by atoms with Crippen molar-refractivity contribution in [3.8, 4) is 0 Å². The van der Waals surface area contributed by atoms with Gasteiger partial charge in [0, 0.05) is 19.3 Å². The lowest BCUT2D eigenvalue weighted by Crippen LogP contribution is -2.30. The molecule has 0 amide bonds. The summed E-state index contributed by atoms with van der Waals surface area (Å²) < 4.78 is 16.7. The number of allylic oxidation sites excluding steroid dienone is 30. The normalized spacial score (nSPS) is 13.5. The van der Waals surface area contributed by atoms with Crippen molar-refractivity contribution in [1.82, 2.24) is 0 Å². The third kappa shape index (κ3) is 57.3. The molecule has 0 aromatic rings. The van der Waals surface area contributed by atoms with Gasteiger partial charge in [0.2, 0.25) is 0 Å². The first-order valence-corrected chi connectivity index (χ1v) is 28.3. The number of esters is 3. The van der Waals surface area contributed by atoms with E-state index < -0.39 is 6.10 Å². The SMILES string of the molecule is CC/C=C\C/C=C\C/C=C\C/C=C\C/C=C\C/C=C\C/C=C\CCCCCCCC(=O)OCC(COC(=O)CC/C=C\C/C=C\C/C=C\C/C=C\CC)OC(=O)CCCC/C=C\C/C=C\C/C=C\C/C=C\CC. The highest BCUT2D eigenvalue weighted by Gasteiger charge is 2.19. The lowest BCUT2D eigenvalue weighted by atomic mass is 10.1. The largest absolute Gasteiger partial charge is 0.462 e. The van der Waals surface area contributed by atoms with E-state index >= 15 is 0 Å². The summed E-state index contributed by atoms with van der Waals surface area (Å²) in [5.74, 6) is -1.10. The summed E-state index contributed by atoms with van der Waals surface area (Å²) in [6, 6.07) is 0. The zero-order valence-corrected chi connectivity index (χ0v) is 46.1. The highest BCUT2D eigenvalue weighted by Crippen LogP contribution is 2.11. The molecule has 6 nitrogen and oxygen atoms in total. The fourth-order valence-corrected chi connectivity index (χ4v) is 6.78. The molecule has 0 radical (unpaired) electrons. The summed E-state index contributed by atoms with van der Waals surface area (Å²) in [4.78, 5) is 38.1. The fourth-order valence-electron chi connectivity index (χ4n) is 6.78. The van der Waals surface area contributed by atoms with Gasteiger partial charge in [0.25, 0.3) is 0 Å². The lowest BCUT2D eigenvalue weighted by Gasteiger charge is -2.18. The molecule has 73 heavy (non-hydrogen) atoms. The first-order chi connectivity index (χ1) is 36.0. The second kappa shape index (κ2) is 59.1. The molecule has 1 atom stereocenters. The van der Waals surface area contributed by atoms with Crippen LogP contribution in [0.15, 0.2) is 182 Å². The van der Waals surface area contributed by atoms with Crippen LogP contribution in [0.4, 0.5) is 0 Å². The molecule has 0 aliphatic heterocycles. The summed E-state index contributed by atoms with van der Waals surface area (Å²) in [6.45, 7) is 6.14. The number of unbranched alkanes of at least 4 members (excludes halogenated alkanes) is 7. The van der Waals surface area contributed by atoms with Crippen LogP contribution in [0.25, 0.3) is 0 Å². The Morgan fingerprint density at radius 2 is 0.521 bits per heavy atom. The molecule has 1 unspecified atom stereocenters. The van der Waals surface area contributed by atoms with Gasteiger partial charge in [0.15, 0.2) is 6.10 Å². The molecule has 404 valence electrons. The Kier molecular flexibility index (Phi) is 54.6. The summed E-state index contributed by atoms with van der Waals surface area (Å²) in [5, 5.41) is 0. The fraction of sp³-hybridized carbons (Fsp3) is 0.507. The van der Waals surface area contributed by atoms with Crippen LogP contribution < -0.4 is 0 Å². The minimum Gasteiger partial charge on any atom is -0.462 e. The van der Waals surface area contributed by atoms with E-state index in [9.17, 15) is 14.4 Å². The van der Waals surface area contributed by atoms with Crippen LogP contribution >= 0.6 is 0 Å². The minimum absolute atomic E-state index is 0.137. The van der Waals surface area contributed by atoms with Gasteiger partial charge in [-0.25, -0.2) is 0 Å². The maximum atomic E-state index is 12.8. The molecule has 0 spiro atoms. The van der Waals surface area contributed by atoms with Gasteiger partial charge < -0.3 is 14.2 Å². The summed E-state index contributed by atoms with van der Waals surface area (Å²) in [7, 11) is 0. The predicted molar refractivity (Wildman–Crippen MR) is 315 cm³/mol. The molecule has 0 N–H and O–H groups in total. The van der Waals surface area contributed by atoms with Crippen LogP contribution in [0.3, 0.4) is 0 Å². The summed E-state index contributed by atoms with van der Waals surface area (Å²) >= 11 is 0. The van der Waals surface area contributed by atoms with E-state index in [0.29, 0.717) is 19.3 Å². The highest BCUT2D eigenvalue weighted by molar-refractivity contribution is 5.71. The second-order valence-corrected chi connectivity index (χ2v) is 17.7. The average molecular weight is 1000 g/mol. The van der Waals surface area contributed by atoms with Gasteiger partial charge in [-0.3, -0.25) is 14.4 Å². The molecule has 6 heteroatoms. The number of hydrogen-bond acceptors (Lipinski definition) is 6. The lowest BCUT2D eigenvalue weighted by molar-refractivity contribution is -0.166. The van der Waals surface area contributed by atoms with E-state index in [1.54, 1.807) is 0 Å². The Labute approximate surface area is 446 Å². The van der Waals surface area contributed by atoms with Crippen LogP contribution in [-0.4, -0.2) is 37.2 Å². The maximum Gasteiger partial charge on any atom is 0.306 e. The van der Waals surface area contributed by atoms with E-state index in [4.69, 9.17) is 14.2 Å². The molecule has 0 aromatic carbocycles. The molecule has 0 aliphatic rings. The second-order valence-electron chi connectivity index (χ2n) is 17.7. The van der Waals surface area contributed by atoms with Crippen molar-refractivity contribution in [3.63, 3.8) is 0 Å². The number of ether oxygens (including phenoxy) is 3. The van der Waals surface area contributed by atoms with Crippen molar-refractivity contribution in [1.29, 1.82) is 0 Å². The van der Waals surface area contributed by atoms with Gasteiger partial charge in [-0.2, -0.15) is 0 Å². The van der Waals surface area contributed by atoms with Crippen LogP contribution in [0, 0.1) is 0 Å². The quantitative estimate of drug-likeness (QED) is 0.0262. The van der Waals surface area contributed by atoms with Crippen molar-refractivity contribution in [3.05, 3.63) is 182 Å².